The third-order valence-electron chi connectivity index (χ3n) is 3.81. The number of amides is 2. The second kappa shape index (κ2) is 11.0. The Kier molecular flexibility index (Phi) is 8.40. The number of hydrogen-bond acceptors (Lipinski definition) is 4. The molecule has 2 N–H and O–H groups in total. The van der Waals surface area contributed by atoms with Gasteiger partial charge in [-0.3, -0.25) is 9.59 Å². The van der Waals surface area contributed by atoms with Crippen molar-refractivity contribution in [3.63, 3.8) is 0 Å². The minimum atomic E-state index is -4.50. The van der Waals surface area contributed by atoms with Gasteiger partial charge >= 0.3 is 6.18 Å². The summed E-state index contributed by atoms with van der Waals surface area (Å²) in [5.74, 6) is -0.325. The fraction of sp³-hybridized carbons (Fsp3) is 0.286. The number of alkyl halides is 3. The van der Waals surface area contributed by atoms with Crippen molar-refractivity contribution in [1.29, 1.82) is 0 Å². The summed E-state index contributed by atoms with van der Waals surface area (Å²) in [5, 5.41) is 6.15. The normalized spacial score (nSPS) is 11.3. The quantitative estimate of drug-likeness (QED) is 0.466. The van der Waals surface area contributed by atoms with Gasteiger partial charge in [0, 0.05) is 18.5 Å². The van der Waals surface area contributed by atoms with Crippen LogP contribution in [0, 0.1) is 0 Å². The zero-order valence-corrected chi connectivity index (χ0v) is 16.3. The van der Waals surface area contributed by atoms with Gasteiger partial charge in [0.15, 0.2) is 0 Å². The van der Waals surface area contributed by atoms with Crippen molar-refractivity contribution in [3.8, 4) is 5.75 Å². The fourth-order valence-electron chi connectivity index (χ4n) is 2.33. The first kappa shape index (κ1) is 22.9. The van der Waals surface area contributed by atoms with Gasteiger partial charge in [0.25, 0.3) is 0 Å². The van der Waals surface area contributed by atoms with Gasteiger partial charge in [-0.2, -0.15) is 18.3 Å². The van der Waals surface area contributed by atoms with E-state index < -0.39 is 23.6 Å². The summed E-state index contributed by atoms with van der Waals surface area (Å²) < 4.78 is 43.5. The van der Waals surface area contributed by atoms with Crippen molar-refractivity contribution in [1.82, 2.24) is 5.43 Å². The number of ether oxygens (including phenoxy) is 1. The average Bonchev–Trinajstić information content (AvgIpc) is 2.71. The van der Waals surface area contributed by atoms with Crippen LogP contribution in [0.1, 0.15) is 37.3 Å². The van der Waals surface area contributed by atoms with Crippen LogP contribution in [0.5, 0.6) is 5.75 Å². The van der Waals surface area contributed by atoms with E-state index in [2.05, 4.69) is 15.8 Å². The van der Waals surface area contributed by atoms with Crippen molar-refractivity contribution in [2.45, 2.75) is 32.4 Å². The molecule has 0 fully saturated rings. The Morgan fingerprint density at radius 1 is 1.07 bits per heavy atom. The van der Waals surface area contributed by atoms with Crippen LogP contribution in [0.4, 0.5) is 18.9 Å². The van der Waals surface area contributed by atoms with Crippen molar-refractivity contribution in [2.24, 2.45) is 5.10 Å². The van der Waals surface area contributed by atoms with Gasteiger partial charge < -0.3 is 10.1 Å². The maximum atomic E-state index is 12.7. The lowest BCUT2D eigenvalue weighted by Crippen LogP contribution is -2.20. The van der Waals surface area contributed by atoms with Crippen LogP contribution in [0.2, 0.25) is 0 Å². The number of hydrogen-bond donors (Lipinski definition) is 2. The highest BCUT2D eigenvalue weighted by Crippen LogP contribution is 2.30. The van der Waals surface area contributed by atoms with Gasteiger partial charge in [0.2, 0.25) is 11.8 Å². The molecule has 0 aliphatic rings. The Morgan fingerprint density at radius 2 is 1.77 bits per heavy atom. The molecule has 0 unspecified atom stereocenters. The summed E-state index contributed by atoms with van der Waals surface area (Å²) in [6.07, 6.45) is -2.49. The molecule has 2 amide bonds. The van der Waals surface area contributed by atoms with Crippen LogP contribution < -0.4 is 15.5 Å². The first-order chi connectivity index (χ1) is 14.3. The van der Waals surface area contributed by atoms with Gasteiger partial charge in [-0.15, -0.1) is 0 Å². The molecule has 0 saturated heterocycles. The number of rotatable bonds is 9. The average molecular weight is 421 g/mol. The molecule has 30 heavy (non-hydrogen) atoms. The lowest BCUT2D eigenvalue weighted by molar-refractivity contribution is -0.137. The topological polar surface area (TPSA) is 79.8 Å². The summed E-state index contributed by atoms with van der Waals surface area (Å²) in [4.78, 5) is 23.6. The molecule has 160 valence electrons. The summed E-state index contributed by atoms with van der Waals surface area (Å²) >= 11 is 0. The number of nitrogens with one attached hydrogen (secondary N) is 2. The summed E-state index contributed by atoms with van der Waals surface area (Å²) in [7, 11) is 0. The number of hydrazone groups is 1. The number of halogens is 3. The van der Waals surface area contributed by atoms with E-state index in [-0.39, 0.29) is 18.5 Å². The second-order valence-electron chi connectivity index (χ2n) is 6.34. The lowest BCUT2D eigenvalue weighted by atomic mass is 10.2. The third kappa shape index (κ3) is 7.94. The van der Waals surface area contributed by atoms with E-state index in [4.69, 9.17) is 4.74 Å². The molecule has 9 heteroatoms. The van der Waals surface area contributed by atoms with E-state index in [9.17, 15) is 22.8 Å². The van der Waals surface area contributed by atoms with E-state index >= 15 is 0 Å². The molecular formula is C21H22F3N3O3. The molecule has 0 heterocycles. The number of nitrogens with zero attached hydrogens (tertiary/aromatic N) is 1. The van der Waals surface area contributed by atoms with E-state index in [1.54, 1.807) is 24.3 Å². The highest BCUT2D eigenvalue weighted by molar-refractivity contribution is 5.93. The Hall–Kier alpha value is -3.36. The molecule has 6 nitrogen and oxygen atoms in total. The van der Waals surface area contributed by atoms with Gasteiger partial charge in [-0.05, 0) is 54.4 Å². The zero-order chi connectivity index (χ0) is 22.0. The molecular weight excluding hydrogens is 399 g/mol. The minimum Gasteiger partial charge on any atom is -0.494 e. The monoisotopic (exact) mass is 421 g/mol. The SMILES string of the molecule is CCCOc1ccc(C=NNC(=O)CCC(=O)Nc2cccc(C(F)(F)F)c2)cc1. The Labute approximate surface area is 172 Å². The maximum absolute atomic E-state index is 12.7. The number of carbonyl (C=O) groups excluding carboxylic acids is 2. The minimum absolute atomic E-state index is 0.0135. The van der Waals surface area contributed by atoms with Crippen LogP contribution in [-0.2, 0) is 15.8 Å². The zero-order valence-electron chi connectivity index (χ0n) is 16.3. The van der Waals surface area contributed by atoms with E-state index in [0.717, 1.165) is 29.9 Å². The predicted molar refractivity (Wildman–Crippen MR) is 107 cm³/mol. The molecule has 2 aromatic rings. The molecule has 0 aromatic heterocycles. The molecule has 2 aromatic carbocycles. The van der Waals surface area contributed by atoms with Crippen LogP contribution in [-0.4, -0.2) is 24.6 Å². The highest BCUT2D eigenvalue weighted by atomic mass is 19.4. The van der Waals surface area contributed by atoms with Gasteiger partial charge in [0.05, 0.1) is 18.4 Å². The Bertz CT molecular complexity index is 881. The summed E-state index contributed by atoms with van der Waals surface area (Å²) in [6.45, 7) is 2.64. The Morgan fingerprint density at radius 3 is 2.43 bits per heavy atom. The van der Waals surface area contributed by atoms with Gasteiger partial charge in [-0.1, -0.05) is 13.0 Å². The molecule has 2 rings (SSSR count). The fourth-order valence-corrected chi connectivity index (χ4v) is 2.33. The summed E-state index contributed by atoms with van der Waals surface area (Å²) in [5.41, 5.74) is 2.20. The molecule has 0 bridgehead atoms. The van der Waals surface area contributed by atoms with Crippen molar-refractivity contribution >= 4 is 23.7 Å². The Balaban J connectivity index is 1.75. The van der Waals surface area contributed by atoms with Crippen molar-refractivity contribution in [2.75, 3.05) is 11.9 Å². The van der Waals surface area contributed by atoms with Crippen LogP contribution in [0.3, 0.4) is 0 Å². The highest BCUT2D eigenvalue weighted by Gasteiger charge is 2.30. The van der Waals surface area contributed by atoms with E-state index in [0.29, 0.717) is 6.61 Å². The van der Waals surface area contributed by atoms with E-state index in [1.165, 1.54) is 18.3 Å². The number of anilines is 1. The van der Waals surface area contributed by atoms with Crippen LogP contribution >= 0.6 is 0 Å². The molecule has 0 spiro atoms. The molecule has 0 aliphatic heterocycles. The van der Waals surface area contributed by atoms with E-state index in [1.807, 2.05) is 6.92 Å². The van der Waals surface area contributed by atoms with Gasteiger partial charge in [0.1, 0.15) is 5.75 Å². The second-order valence-corrected chi connectivity index (χ2v) is 6.34. The van der Waals surface area contributed by atoms with Crippen LogP contribution in [0.15, 0.2) is 53.6 Å². The molecule has 0 radical (unpaired) electrons. The summed E-state index contributed by atoms with van der Waals surface area (Å²) in [6, 6.07) is 11.4. The lowest BCUT2D eigenvalue weighted by Gasteiger charge is -2.09. The standard InChI is InChI=1S/C21H22F3N3O3/c1-2-12-30-18-8-6-15(7-9-18)14-25-27-20(29)11-10-19(28)26-17-5-3-4-16(13-17)21(22,23)24/h3-9,13-14H,2,10-12H2,1H3,(H,26,28)(H,27,29). The van der Waals surface area contributed by atoms with Crippen molar-refractivity contribution in [3.05, 3.63) is 59.7 Å². The van der Waals surface area contributed by atoms with Gasteiger partial charge in [-0.25, -0.2) is 5.43 Å². The van der Waals surface area contributed by atoms with Crippen molar-refractivity contribution < 1.29 is 27.5 Å². The first-order valence-corrected chi connectivity index (χ1v) is 9.30. The largest absolute Gasteiger partial charge is 0.494 e. The molecule has 0 aliphatic carbocycles. The third-order valence-corrected chi connectivity index (χ3v) is 3.81. The van der Waals surface area contributed by atoms with Crippen LogP contribution in [0.25, 0.3) is 0 Å². The predicted octanol–water partition coefficient (Wildman–Crippen LogP) is 4.36. The first-order valence-electron chi connectivity index (χ1n) is 9.30. The molecule has 0 saturated carbocycles. The smallest absolute Gasteiger partial charge is 0.416 e. The number of benzene rings is 2. The maximum Gasteiger partial charge on any atom is 0.416 e. The molecule has 0 atom stereocenters. The number of carbonyl (C=O) groups is 2.